The van der Waals surface area contributed by atoms with Crippen molar-refractivity contribution < 1.29 is 18.5 Å². The van der Waals surface area contributed by atoms with Crippen LogP contribution in [0.25, 0.3) is 11.4 Å². The molecular weight excluding hydrogens is 402 g/mol. The summed E-state index contributed by atoms with van der Waals surface area (Å²) in [6.45, 7) is 1.30. The van der Waals surface area contributed by atoms with E-state index in [-0.39, 0.29) is 5.91 Å². The number of carbonyl (C=O) groups excluding carboxylic acids is 1. The fraction of sp³-hybridized carbons (Fsp3) is 0.278. The van der Waals surface area contributed by atoms with E-state index in [1.54, 1.807) is 24.1 Å². The van der Waals surface area contributed by atoms with E-state index >= 15 is 0 Å². The highest BCUT2D eigenvalue weighted by Gasteiger charge is 2.19. The molecule has 0 fully saturated rings. The second-order valence-corrected chi connectivity index (χ2v) is 6.45. The molecule has 2 aromatic heterocycles. The molecule has 0 aliphatic carbocycles. The molecular formula is C18H18BrN3O4. The minimum Gasteiger partial charge on any atom is -0.459 e. The Morgan fingerprint density at radius 2 is 2.04 bits per heavy atom. The predicted molar refractivity (Wildman–Crippen MR) is 97.6 cm³/mol. The number of rotatable bonds is 8. The van der Waals surface area contributed by atoms with E-state index in [2.05, 4.69) is 26.1 Å². The molecule has 1 aromatic carbocycles. The van der Waals surface area contributed by atoms with Gasteiger partial charge in [0.25, 0.3) is 5.91 Å². The number of carbonyl (C=O) groups is 1. The van der Waals surface area contributed by atoms with Gasteiger partial charge in [-0.1, -0.05) is 21.1 Å². The third-order valence-corrected chi connectivity index (χ3v) is 4.28. The molecule has 3 aromatic rings. The summed E-state index contributed by atoms with van der Waals surface area (Å²) in [5.41, 5.74) is 0.867. The van der Waals surface area contributed by atoms with Gasteiger partial charge in [0.15, 0.2) is 5.76 Å². The maximum atomic E-state index is 12.5. The molecule has 2 heterocycles. The molecule has 0 aliphatic rings. The quantitative estimate of drug-likeness (QED) is 0.556. The minimum absolute atomic E-state index is 0.195. The number of ether oxygens (including phenoxy) is 1. The van der Waals surface area contributed by atoms with E-state index in [1.165, 1.54) is 6.26 Å². The highest BCUT2D eigenvalue weighted by atomic mass is 79.9. The zero-order valence-corrected chi connectivity index (χ0v) is 15.8. The zero-order valence-electron chi connectivity index (χ0n) is 14.2. The highest BCUT2D eigenvalue weighted by Crippen LogP contribution is 2.19. The molecule has 1 amide bonds. The van der Waals surface area contributed by atoms with Crippen molar-refractivity contribution in [1.29, 1.82) is 0 Å². The number of hydrogen-bond acceptors (Lipinski definition) is 6. The molecule has 7 nitrogen and oxygen atoms in total. The summed E-state index contributed by atoms with van der Waals surface area (Å²) < 4.78 is 16.6. The van der Waals surface area contributed by atoms with Gasteiger partial charge in [0.2, 0.25) is 11.7 Å². The Hall–Kier alpha value is -2.45. The van der Waals surface area contributed by atoms with Gasteiger partial charge in [-0.2, -0.15) is 4.98 Å². The van der Waals surface area contributed by atoms with Gasteiger partial charge in [0.05, 0.1) is 12.9 Å². The Balaban J connectivity index is 1.65. The first-order valence-electron chi connectivity index (χ1n) is 8.07. The molecule has 0 N–H and O–H groups in total. The summed E-state index contributed by atoms with van der Waals surface area (Å²) in [7, 11) is 1.60. The number of amides is 1. The molecule has 0 bridgehead atoms. The second-order valence-electron chi connectivity index (χ2n) is 5.53. The van der Waals surface area contributed by atoms with E-state index in [1.807, 2.05) is 24.3 Å². The minimum atomic E-state index is -0.195. The van der Waals surface area contributed by atoms with Gasteiger partial charge < -0.3 is 18.6 Å². The number of halogens is 1. The molecule has 0 radical (unpaired) electrons. The van der Waals surface area contributed by atoms with Crippen molar-refractivity contribution in [3.8, 4) is 11.4 Å². The molecule has 8 heteroatoms. The number of furan rings is 1. The van der Waals surface area contributed by atoms with E-state index in [0.29, 0.717) is 43.6 Å². The average Bonchev–Trinajstić information content (AvgIpc) is 3.34. The third-order valence-electron chi connectivity index (χ3n) is 3.75. The Bertz CT molecular complexity index is 831. The number of methoxy groups -OCH3 is 1. The van der Waals surface area contributed by atoms with Crippen molar-refractivity contribution >= 4 is 21.8 Å². The van der Waals surface area contributed by atoms with E-state index in [4.69, 9.17) is 13.7 Å². The molecule has 0 aliphatic heterocycles. The Morgan fingerprint density at radius 1 is 1.23 bits per heavy atom. The first-order chi connectivity index (χ1) is 12.7. The van der Waals surface area contributed by atoms with Crippen molar-refractivity contribution in [3.05, 3.63) is 58.8 Å². The molecule has 3 rings (SSSR count). The molecule has 0 atom stereocenters. The number of benzene rings is 1. The van der Waals surface area contributed by atoms with Crippen LogP contribution in [0.3, 0.4) is 0 Å². The fourth-order valence-electron chi connectivity index (χ4n) is 2.38. The van der Waals surface area contributed by atoms with Gasteiger partial charge in [0.1, 0.15) is 0 Å². The first-order valence-corrected chi connectivity index (χ1v) is 8.87. The topological polar surface area (TPSA) is 81.6 Å². The largest absolute Gasteiger partial charge is 0.459 e. The van der Waals surface area contributed by atoms with E-state index < -0.39 is 0 Å². The average molecular weight is 420 g/mol. The number of hydrogen-bond donors (Lipinski definition) is 0. The van der Waals surface area contributed by atoms with Crippen LogP contribution in [0, 0.1) is 0 Å². The van der Waals surface area contributed by atoms with Gasteiger partial charge in [0, 0.05) is 36.7 Å². The Morgan fingerprint density at radius 3 is 2.73 bits per heavy atom. The number of aromatic nitrogens is 2. The van der Waals surface area contributed by atoms with E-state index in [9.17, 15) is 4.79 Å². The Labute approximate surface area is 159 Å². The van der Waals surface area contributed by atoms with Gasteiger partial charge in [-0.15, -0.1) is 0 Å². The summed E-state index contributed by atoms with van der Waals surface area (Å²) in [6.07, 6.45) is 1.92. The molecule has 136 valence electrons. The summed E-state index contributed by atoms with van der Waals surface area (Å²) in [5.74, 6) is 1.09. The lowest BCUT2D eigenvalue weighted by atomic mass is 10.2. The monoisotopic (exact) mass is 419 g/mol. The van der Waals surface area contributed by atoms with Crippen LogP contribution in [0.5, 0.6) is 0 Å². The maximum Gasteiger partial charge on any atom is 0.289 e. The van der Waals surface area contributed by atoms with Crippen molar-refractivity contribution in [1.82, 2.24) is 15.0 Å². The Kier molecular flexibility index (Phi) is 6.19. The maximum absolute atomic E-state index is 12.5. The second kappa shape index (κ2) is 8.77. The predicted octanol–water partition coefficient (Wildman–Crippen LogP) is 3.42. The van der Waals surface area contributed by atoms with Crippen molar-refractivity contribution in [2.24, 2.45) is 0 Å². The molecule has 0 spiro atoms. The standard InChI is InChI=1S/C18H18BrN3O4/c1-24-12-10-22(18(23)15-3-2-11-25-15)9-8-16-20-17(21-26-16)13-4-6-14(19)7-5-13/h2-7,11H,8-10,12H2,1H3. The lowest BCUT2D eigenvalue weighted by Crippen LogP contribution is -2.35. The SMILES string of the molecule is COCCN(CCc1nc(-c2ccc(Br)cc2)no1)C(=O)c1ccco1. The van der Waals surface area contributed by atoms with Gasteiger partial charge in [-0.05, 0) is 36.4 Å². The van der Waals surface area contributed by atoms with Crippen molar-refractivity contribution in [2.45, 2.75) is 6.42 Å². The van der Waals surface area contributed by atoms with Crippen LogP contribution < -0.4 is 0 Å². The molecule has 0 unspecified atom stereocenters. The van der Waals surface area contributed by atoms with Crippen LogP contribution >= 0.6 is 15.9 Å². The van der Waals surface area contributed by atoms with Crippen LogP contribution in [-0.2, 0) is 11.2 Å². The van der Waals surface area contributed by atoms with Gasteiger partial charge in [-0.3, -0.25) is 4.79 Å². The van der Waals surface area contributed by atoms with Crippen LogP contribution in [-0.4, -0.2) is 47.8 Å². The van der Waals surface area contributed by atoms with E-state index in [0.717, 1.165) is 10.0 Å². The highest BCUT2D eigenvalue weighted by molar-refractivity contribution is 9.10. The summed E-state index contributed by atoms with van der Waals surface area (Å²) >= 11 is 3.39. The van der Waals surface area contributed by atoms with Crippen LogP contribution in [0.4, 0.5) is 0 Å². The lowest BCUT2D eigenvalue weighted by molar-refractivity contribution is 0.0663. The van der Waals surface area contributed by atoms with Crippen LogP contribution in [0.1, 0.15) is 16.4 Å². The summed E-state index contributed by atoms with van der Waals surface area (Å²) in [6, 6.07) is 11.0. The first kappa shape index (κ1) is 18.3. The van der Waals surface area contributed by atoms with Crippen molar-refractivity contribution in [3.63, 3.8) is 0 Å². The van der Waals surface area contributed by atoms with Crippen LogP contribution in [0.2, 0.25) is 0 Å². The number of nitrogens with zero attached hydrogens (tertiary/aromatic N) is 3. The lowest BCUT2D eigenvalue weighted by Gasteiger charge is -2.20. The third kappa shape index (κ3) is 4.59. The molecule has 0 saturated heterocycles. The van der Waals surface area contributed by atoms with Gasteiger partial charge in [-0.25, -0.2) is 0 Å². The summed E-state index contributed by atoms with van der Waals surface area (Å²) in [5, 5.41) is 4.00. The smallest absolute Gasteiger partial charge is 0.289 e. The zero-order chi connectivity index (χ0) is 18.4. The van der Waals surface area contributed by atoms with Crippen molar-refractivity contribution in [2.75, 3.05) is 26.8 Å². The van der Waals surface area contributed by atoms with Crippen LogP contribution in [0.15, 0.2) is 56.1 Å². The normalized spacial score (nSPS) is 10.8. The summed E-state index contributed by atoms with van der Waals surface area (Å²) in [4.78, 5) is 18.5. The fourth-order valence-corrected chi connectivity index (χ4v) is 2.64. The molecule has 0 saturated carbocycles. The van der Waals surface area contributed by atoms with Gasteiger partial charge >= 0.3 is 0 Å². The molecule has 26 heavy (non-hydrogen) atoms.